The summed E-state index contributed by atoms with van der Waals surface area (Å²) in [5, 5.41) is -3.47. The molecule has 0 saturated heterocycles. The Bertz CT molecular complexity index is 590. The molecular weight excluding hydrogens is 260 g/mol. The Kier molecular flexibility index (Phi) is 3.48. The monoisotopic (exact) mass is 269 g/mol. The fourth-order valence-electron chi connectivity index (χ4n) is 1.60. The minimum Gasteiger partial charge on any atom is -0.311 e. The number of benzene rings is 1. The average Bonchev–Trinajstić information content (AvgIpc) is 2.32. The summed E-state index contributed by atoms with van der Waals surface area (Å²) in [6.45, 7) is 0.237. The fraction of sp³-hybridized carbons (Fsp3) is 0.154. The predicted molar refractivity (Wildman–Crippen MR) is 66.0 cm³/mol. The zero-order chi connectivity index (χ0) is 13.2. The van der Waals surface area contributed by atoms with Crippen LogP contribution in [-0.2, 0) is 11.9 Å². The van der Waals surface area contributed by atoms with Crippen molar-refractivity contribution in [2.75, 3.05) is 0 Å². The number of nitrogens with zero attached hydrogens (tertiary/aromatic N) is 1. The molecule has 1 aromatic carbocycles. The molecule has 5 heteroatoms. The van der Waals surface area contributed by atoms with Gasteiger partial charge in [0.25, 0.3) is 5.56 Å². The molecule has 0 atom stereocenters. The fourth-order valence-corrected chi connectivity index (χ4v) is 1.71. The molecule has 1 aromatic heterocycles. The van der Waals surface area contributed by atoms with Crippen molar-refractivity contribution in [2.45, 2.75) is 11.9 Å². The maximum atomic E-state index is 13.0. The highest BCUT2D eigenvalue weighted by atomic mass is 35.5. The standard InChI is InChI=1S/C13H10ClF2NO/c14-13(15,16)11-6-7-12(18)17(9-11)8-10-4-2-1-3-5-10/h1-7,9H,8H2. The van der Waals surface area contributed by atoms with Crippen molar-refractivity contribution in [1.82, 2.24) is 4.57 Å². The second kappa shape index (κ2) is 4.90. The minimum absolute atomic E-state index is 0.237. The van der Waals surface area contributed by atoms with Crippen LogP contribution in [0.25, 0.3) is 0 Å². The number of halogens is 3. The van der Waals surface area contributed by atoms with Crippen LogP contribution in [0.5, 0.6) is 0 Å². The van der Waals surface area contributed by atoms with Crippen LogP contribution < -0.4 is 5.56 Å². The number of rotatable bonds is 3. The minimum atomic E-state index is -3.47. The van der Waals surface area contributed by atoms with Gasteiger partial charge in [0.15, 0.2) is 0 Å². The molecule has 0 aliphatic carbocycles. The van der Waals surface area contributed by atoms with Crippen LogP contribution in [0, 0.1) is 0 Å². The Morgan fingerprint density at radius 3 is 2.39 bits per heavy atom. The lowest BCUT2D eigenvalue weighted by Gasteiger charge is -2.11. The number of aromatic nitrogens is 1. The first-order valence-electron chi connectivity index (χ1n) is 5.28. The van der Waals surface area contributed by atoms with Gasteiger partial charge in [-0.3, -0.25) is 4.79 Å². The Balaban J connectivity index is 2.36. The van der Waals surface area contributed by atoms with E-state index in [9.17, 15) is 13.6 Å². The lowest BCUT2D eigenvalue weighted by molar-refractivity contribution is 0.0942. The van der Waals surface area contributed by atoms with Crippen molar-refractivity contribution >= 4 is 11.6 Å². The summed E-state index contributed by atoms with van der Waals surface area (Å²) in [5.74, 6) is 0. The van der Waals surface area contributed by atoms with Gasteiger partial charge < -0.3 is 4.57 Å². The molecule has 94 valence electrons. The summed E-state index contributed by atoms with van der Waals surface area (Å²) in [5.41, 5.74) is 0.123. The zero-order valence-electron chi connectivity index (χ0n) is 9.32. The second-order valence-corrected chi connectivity index (χ2v) is 4.34. The van der Waals surface area contributed by atoms with E-state index < -0.39 is 5.38 Å². The molecule has 1 heterocycles. The Morgan fingerprint density at radius 1 is 1.11 bits per heavy atom. The molecule has 0 fully saturated rings. The van der Waals surface area contributed by atoms with Gasteiger partial charge in [-0.2, -0.15) is 8.78 Å². The van der Waals surface area contributed by atoms with Crippen LogP contribution in [0.15, 0.2) is 53.5 Å². The summed E-state index contributed by atoms with van der Waals surface area (Å²) in [7, 11) is 0. The van der Waals surface area contributed by atoms with Crippen LogP contribution in [0.3, 0.4) is 0 Å². The van der Waals surface area contributed by atoms with E-state index in [1.165, 1.54) is 4.57 Å². The first-order chi connectivity index (χ1) is 8.47. The van der Waals surface area contributed by atoms with Crippen LogP contribution in [0.1, 0.15) is 11.1 Å². The number of alkyl halides is 3. The summed E-state index contributed by atoms with van der Waals surface area (Å²) in [4.78, 5) is 11.6. The van der Waals surface area contributed by atoms with Gasteiger partial charge in [-0.1, -0.05) is 30.3 Å². The van der Waals surface area contributed by atoms with Crippen molar-refractivity contribution in [2.24, 2.45) is 0 Å². The van der Waals surface area contributed by atoms with Crippen molar-refractivity contribution < 1.29 is 8.78 Å². The Labute approximate surface area is 107 Å². The molecule has 0 radical (unpaired) electrons. The lowest BCUT2D eigenvalue weighted by Crippen LogP contribution is -2.21. The highest BCUT2D eigenvalue weighted by Gasteiger charge is 2.28. The van der Waals surface area contributed by atoms with Crippen molar-refractivity contribution in [3.63, 3.8) is 0 Å². The van der Waals surface area contributed by atoms with E-state index in [1.54, 1.807) is 0 Å². The average molecular weight is 270 g/mol. The molecule has 0 aliphatic rings. The van der Waals surface area contributed by atoms with E-state index in [0.717, 1.165) is 23.9 Å². The molecule has 0 N–H and O–H groups in total. The van der Waals surface area contributed by atoms with Crippen molar-refractivity contribution in [3.8, 4) is 0 Å². The number of hydrogen-bond donors (Lipinski definition) is 0. The van der Waals surface area contributed by atoms with Gasteiger partial charge >= 0.3 is 5.38 Å². The van der Waals surface area contributed by atoms with E-state index in [1.807, 2.05) is 30.3 Å². The van der Waals surface area contributed by atoms with Crippen LogP contribution in [0.4, 0.5) is 8.78 Å². The number of pyridine rings is 1. The van der Waals surface area contributed by atoms with Gasteiger partial charge in [-0.15, -0.1) is 0 Å². The molecule has 2 rings (SSSR count). The lowest BCUT2D eigenvalue weighted by atomic mass is 10.2. The first kappa shape index (κ1) is 12.8. The van der Waals surface area contributed by atoms with E-state index in [-0.39, 0.29) is 17.7 Å². The van der Waals surface area contributed by atoms with Gasteiger partial charge in [0.05, 0.1) is 12.1 Å². The third-order valence-electron chi connectivity index (χ3n) is 2.51. The molecule has 0 saturated carbocycles. The quantitative estimate of drug-likeness (QED) is 0.785. The van der Waals surface area contributed by atoms with Crippen LogP contribution >= 0.6 is 11.6 Å². The molecular formula is C13H10ClF2NO. The van der Waals surface area contributed by atoms with E-state index >= 15 is 0 Å². The maximum absolute atomic E-state index is 13.0. The number of hydrogen-bond acceptors (Lipinski definition) is 1. The van der Waals surface area contributed by atoms with E-state index in [2.05, 4.69) is 0 Å². The van der Waals surface area contributed by atoms with E-state index in [0.29, 0.717) is 0 Å². The van der Waals surface area contributed by atoms with Gasteiger partial charge in [-0.25, -0.2) is 0 Å². The van der Waals surface area contributed by atoms with Gasteiger partial charge in [0.2, 0.25) is 0 Å². The predicted octanol–water partition coefficient (Wildman–Crippen LogP) is 3.18. The SMILES string of the molecule is O=c1ccc(C(F)(F)Cl)cn1Cc1ccccc1. The molecule has 0 aliphatic heterocycles. The highest BCUT2D eigenvalue weighted by Crippen LogP contribution is 2.31. The topological polar surface area (TPSA) is 22.0 Å². The summed E-state index contributed by atoms with van der Waals surface area (Å²) < 4.78 is 27.1. The molecule has 18 heavy (non-hydrogen) atoms. The Morgan fingerprint density at radius 2 is 1.78 bits per heavy atom. The summed E-state index contributed by atoms with van der Waals surface area (Å²) in [6, 6.07) is 11.2. The Hall–Kier alpha value is -1.68. The maximum Gasteiger partial charge on any atom is 0.349 e. The third kappa shape index (κ3) is 2.96. The van der Waals surface area contributed by atoms with E-state index in [4.69, 9.17) is 11.6 Å². The second-order valence-electron chi connectivity index (χ2n) is 3.87. The highest BCUT2D eigenvalue weighted by molar-refractivity contribution is 6.21. The molecule has 0 bridgehead atoms. The summed E-state index contributed by atoms with van der Waals surface area (Å²) in [6.07, 6.45) is 1.09. The van der Waals surface area contributed by atoms with Crippen LogP contribution in [0.2, 0.25) is 0 Å². The van der Waals surface area contributed by atoms with Gasteiger partial charge in [0.1, 0.15) is 0 Å². The first-order valence-corrected chi connectivity index (χ1v) is 5.66. The van der Waals surface area contributed by atoms with Crippen molar-refractivity contribution in [3.05, 3.63) is 70.1 Å². The largest absolute Gasteiger partial charge is 0.349 e. The zero-order valence-corrected chi connectivity index (χ0v) is 10.1. The summed E-state index contributed by atoms with van der Waals surface area (Å²) >= 11 is 4.94. The molecule has 0 unspecified atom stereocenters. The third-order valence-corrected chi connectivity index (χ3v) is 2.72. The smallest absolute Gasteiger partial charge is 0.311 e. The van der Waals surface area contributed by atoms with Gasteiger partial charge in [0, 0.05) is 12.3 Å². The van der Waals surface area contributed by atoms with Gasteiger partial charge in [-0.05, 0) is 23.2 Å². The molecule has 0 amide bonds. The molecule has 2 aromatic rings. The molecule has 2 nitrogen and oxygen atoms in total. The molecule has 0 spiro atoms. The van der Waals surface area contributed by atoms with Crippen molar-refractivity contribution in [1.29, 1.82) is 0 Å². The normalized spacial score (nSPS) is 11.5. The van der Waals surface area contributed by atoms with Crippen LogP contribution in [-0.4, -0.2) is 4.57 Å².